The van der Waals surface area contributed by atoms with Gasteiger partial charge in [-0.3, -0.25) is 0 Å². The standard InChI is InChI=1S/C21H21F3N2O2/c1-14-6-16(9-18(7-14)21(22,23)24)11-27-13-20(4-5-25)19-3-2-15(10-26)8-17(19)12-28-20/h2-3,6-9H,4-5,11-13,25H2,1H3. The molecule has 3 rings (SSSR count). The summed E-state index contributed by atoms with van der Waals surface area (Å²) in [5.74, 6) is 0. The second-order valence-corrected chi connectivity index (χ2v) is 7.00. The number of hydrogen-bond acceptors (Lipinski definition) is 4. The van der Waals surface area contributed by atoms with Gasteiger partial charge in [0.25, 0.3) is 0 Å². The number of nitrogens with zero attached hydrogens (tertiary/aromatic N) is 1. The molecule has 0 aromatic heterocycles. The largest absolute Gasteiger partial charge is 0.416 e. The molecule has 0 fully saturated rings. The van der Waals surface area contributed by atoms with E-state index < -0.39 is 17.3 Å². The maximum atomic E-state index is 13.0. The van der Waals surface area contributed by atoms with Gasteiger partial charge in [-0.05, 0) is 60.8 Å². The first-order chi connectivity index (χ1) is 13.3. The van der Waals surface area contributed by atoms with Crippen molar-refractivity contribution >= 4 is 0 Å². The van der Waals surface area contributed by atoms with E-state index in [0.29, 0.717) is 36.3 Å². The van der Waals surface area contributed by atoms with Gasteiger partial charge in [-0.2, -0.15) is 18.4 Å². The van der Waals surface area contributed by atoms with E-state index in [0.717, 1.165) is 23.3 Å². The van der Waals surface area contributed by atoms with Crippen molar-refractivity contribution in [3.8, 4) is 6.07 Å². The average molecular weight is 390 g/mol. The van der Waals surface area contributed by atoms with Crippen molar-refractivity contribution in [2.24, 2.45) is 5.73 Å². The molecule has 0 radical (unpaired) electrons. The molecule has 2 N–H and O–H groups in total. The zero-order chi connectivity index (χ0) is 20.4. The summed E-state index contributed by atoms with van der Waals surface area (Å²) in [7, 11) is 0. The van der Waals surface area contributed by atoms with Crippen molar-refractivity contribution < 1.29 is 22.6 Å². The summed E-state index contributed by atoms with van der Waals surface area (Å²) in [6.07, 6.45) is -3.89. The number of nitriles is 1. The van der Waals surface area contributed by atoms with Gasteiger partial charge in [0, 0.05) is 0 Å². The van der Waals surface area contributed by atoms with Crippen LogP contribution in [0.2, 0.25) is 0 Å². The topological polar surface area (TPSA) is 68.3 Å². The number of alkyl halides is 3. The van der Waals surface area contributed by atoms with Crippen LogP contribution in [-0.4, -0.2) is 13.2 Å². The van der Waals surface area contributed by atoms with Gasteiger partial charge in [0.2, 0.25) is 0 Å². The Morgan fingerprint density at radius 1 is 1.25 bits per heavy atom. The Balaban J connectivity index is 1.77. The van der Waals surface area contributed by atoms with Gasteiger partial charge in [-0.25, -0.2) is 0 Å². The molecule has 1 heterocycles. The molecule has 0 amide bonds. The smallest absolute Gasteiger partial charge is 0.373 e. The predicted molar refractivity (Wildman–Crippen MR) is 97.1 cm³/mol. The van der Waals surface area contributed by atoms with Crippen molar-refractivity contribution in [2.75, 3.05) is 13.2 Å². The molecular weight excluding hydrogens is 369 g/mol. The Bertz CT molecular complexity index is 905. The first kappa shape index (κ1) is 20.3. The Kier molecular flexibility index (Phi) is 5.75. The number of rotatable bonds is 6. The Hall–Kier alpha value is -2.40. The molecule has 1 atom stereocenters. The van der Waals surface area contributed by atoms with Crippen molar-refractivity contribution in [3.05, 3.63) is 69.8 Å². The van der Waals surface area contributed by atoms with Crippen LogP contribution in [-0.2, 0) is 34.5 Å². The maximum absolute atomic E-state index is 13.0. The van der Waals surface area contributed by atoms with Crippen LogP contribution in [0.1, 0.15) is 39.8 Å². The van der Waals surface area contributed by atoms with Crippen LogP contribution < -0.4 is 5.73 Å². The molecule has 0 bridgehead atoms. The summed E-state index contributed by atoms with van der Waals surface area (Å²) < 4.78 is 50.8. The molecule has 7 heteroatoms. The molecule has 0 spiro atoms. The third kappa shape index (κ3) is 4.20. The fourth-order valence-corrected chi connectivity index (χ4v) is 3.60. The first-order valence-electron chi connectivity index (χ1n) is 8.90. The summed E-state index contributed by atoms with van der Waals surface area (Å²) in [6.45, 7) is 2.53. The van der Waals surface area contributed by atoms with E-state index in [4.69, 9.17) is 20.5 Å². The Morgan fingerprint density at radius 2 is 2.04 bits per heavy atom. The lowest BCUT2D eigenvalue weighted by molar-refractivity contribution is -0.137. The molecule has 1 aliphatic heterocycles. The second kappa shape index (κ2) is 7.92. The molecule has 4 nitrogen and oxygen atoms in total. The van der Waals surface area contributed by atoms with Gasteiger partial charge in [-0.15, -0.1) is 0 Å². The van der Waals surface area contributed by atoms with E-state index >= 15 is 0 Å². The summed E-state index contributed by atoms with van der Waals surface area (Å²) in [6, 6.07) is 11.3. The maximum Gasteiger partial charge on any atom is 0.416 e. The molecule has 2 aromatic carbocycles. The van der Waals surface area contributed by atoms with E-state index in [1.807, 2.05) is 6.07 Å². The van der Waals surface area contributed by atoms with Crippen molar-refractivity contribution in [2.45, 2.75) is 38.3 Å². The van der Waals surface area contributed by atoms with Gasteiger partial charge >= 0.3 is 6.18 Å². The van der Waals surface area contributed by atoms with Crippen LogP contribution in [0.4, 0.5) is 13.2 Å². The first-order valence-corrected chi connectivity index (χ1v) is 8.90. The van der Waals surface area contributed by atoms with E-state index in [1.165, 1.54) is 0 Å². The van der Waals surface area contributed by atoms with E-state index in [9.17, 15) is 13.2 Å². The monoisotopic (exact) mass is 390 g/mol. The number of hydrogen-bond donors (Lipinski definition) is 1. The van der Waals surface area contributed by atoms with E-state index in [-0.39, 0.29) is 13.2 Å². The normalized spacial score (nSPS) is 18.7. The van der Waals surface area contributed by atoms with Crippen LogP contribution in [0.3, 0.4) is 0 Å². The van der Waals surface area contributed by atoms with Crippen molar-refractivity contribution in [1.29, 1.82) is 5.26 Å². The molecule has 0 saturated heterocycles. The minimum atomic E-state index is -4.40. The van der Waals surface area contributed by atoms with Crippen LogP contribution in [0, 0.1) is 18.3 Å². The van der Waals surface area contributed by atoms with Crippen molar-refractivity contribution in [3.63, 3.8) is 0 Å². The molecule has 1 unspecified atom stereocenters. The Labute approximate surface area is 161 Å². The lowest BCUT2D eigenvalue weighted by Gasteiger charge is -2.29. The molecule has 148 valence electrons. The number of benzene rings is 2. The molecule has 28 heavy (non-hydrogen) atoms. The molecule has 1 aliphatic rings. The minimum Gasteiger partial charge on any atom is -0.373 e. The highest BCUT2D eigenvalue weighted by atomic mass is 19.4. The highest BCUT2D eigenvalue weighted by Gasteiger charge is 2.40. The number of fused-ring (bicyclic) bond motifs is 1. The summed E-state index contributed by atoms with van der Waals surface area (Å²) >= 11 is 0. The number of aryl methyl sites for hydroxylation is 1. The minimum absolute atomic E-state index is 0.0338. The van der Waals surface area contributed by atoms with E-state index in [2.05, 4.69) is 6.07 Å². The highest BCUT2D eigenvalue weighted by molar-refractivity contribution is 5.43. The second-order valence-electron chi connectivity index (χ2n) is 7.00. The van der Waals surface area contributed by atoms with E-state index in [1.54, 1.807) is 25.1 Å². The molecule has 0 saturated carbocycles. The van der Waals surface area contributed by atoms with Gasteiger partial charge in [-0.1, -0.05) is 17.7 Å². The van der Waals surface area contributed by atoms with Crippen molar-refractivity contribution in [1.82, 2.24) is 0 Å². The van der Waals surface area contributed by atoms with Crippen LogP contribution in [0.25, 0.3) is 0 Å². The van der Waals surface area contributed by atoms with Crippen LogP contribution >= 0.6 is 0 Å². The van der Waals surface area contributed by atoms with Gasteiger partial charge in [0.05, 0.1) is 37.0 Å². The molecule has 2 aromatic rings. The summed E-state index contributed by atoms with van der Waals surface area (Å²) in [5, 5.41) is 9.06. The predicted octanol–water partition coefficient (Wildman–Crippen LogP) is 4.18. The Morgan fingerprint density at radius 3 is 2.71 bits per heavy atom. The molecular formula is C21H21F3N2O2. The molecule has 0 aliphatic carbocycles. The number of halogens is 3. The van der Waals surface area contributed by atoms with Gasteiger partial charge in [0.1, 0.15) is 5.60 Å². The lowest BCUT2D eigenvalue weighted by atomic mass is 9.89. The third-order valence-corrected chi connectivity index (χ3v) is 4.85. The zero-order valence-corrected chi connectivity index (χ0v) is 15.5. The average Bonchev–Trinajstić information content (AvgIpc) is 2.99. The number of ether oxygens (including phenoxy) is 2. The highest BCUT2D eigenvalue weighted by Crippen LogP contribution is 2.40. The SMILES string of the molecule is Cc1cc(COCC2(CCN)OCc3cc(C#N)ccc32)cc(C(F)(F)F)c1. The summed E-state index contributed by atoms with van der Waals surface area (Å²) in [4.78, 5) is 0. The third-order valence-electron chi connectivity index (χ3n) is 4.85. The lowest BCUT2D eigenvalue weighted by Crippen LogP contribution is -2.34. The quantitative estimate of drug-likeness (QED) is 0.804. The zero-order valence-electron chi connectivity index (χ0n) is 15.5. The fourth-order valence-electron chi connectivity index (χ4n) is 3.60. The summed E-state index contributed by atoms with van der Waals surface area (Å²) in [5.41, 5.74) is 7.67. The van der Waals surface area contributed by atoms with Gasteiger partial charge < -0.3 is 15.2 Å². The van der Waals surface area contributed by atoms with Gasteiger partial charge in [0.15, 0.2) is 0 Å². The number of nitrogens with two attached hydrogens (primary N) is 1. The fraction of sp³-hybridized carbons (Fsp3) is 0.381. The van der Waals surface area contributed by atoms with Crippen LogP contribution in [0.5, 0.6) is 0 Å². The van der Waals surface area contributed by atoms with Crippen LogP contribution in [0.15, 0.2) is 36.4 Å².